The highest BCUT2D eigenvalue weighted by atomic mass is 19.1. The fourth-order valence-electron chi connectivity index (χ4n) is 4.00. The van der Waals surface area contributed by atoms with Crippen LogP contribution in [0.3, 0.4) is 0 Å². The van der Waals surface area contributed by atoms with Gasteiger partial charge in [0.05, 0.1) is 0 Å². The van der Waals surface area contributed by atoms with Crippen LogP contribution in [0.25, 0.3) is 0 Å². The molecule has 0 radical (unpaired) electrons. The summed E-state index contributed by atoms with van der Waals surface area (Å²) in [6, 6.07) is 16.3. The Labute approximate surface area is 170 Å². The molecule has 1 aliphatic rings. The Morgan fingerprint density at radius 1 is 1.17 bits per heavy atom. The van der Waals surface area contributed by atoms with Crippen molar-refractivity contribution in [3.8, 4) is 0 Å². The van der Waals surface area contributed by atoms with Gasteiger partial charge in [0.25, 0.3) is 5.91 Å². The number of hydrogen-bond donors (Lipinski definition) is 0. The summed E-state index contributed by atoms with van der Waals surface area (Å²) in [6.07, 6.45) is 4.10. The van der Waals surface area contributed by atoms with Crippen LogP contribution in [0.15, 0.2) is 60.8 Å². The van der Waals surface area contributed by atoms with Gasteiger partial charge in [0.2, 0.25) is 0 Å². The number of likely N-dealkylation sites (tertiary alicyclic amines) is 1. The molecule has 1 saturated heterocycles. The number of aryl methyl sites for hydroxylation is 1. The zero-order valence-electron chi connectivity index (χ0n) is 16.5. The number of carbonyl (C=O) groups excluding carboxylic acids is 1. The SMILES string of the molecule is Cc1cc(Cc2ccccc2F)cc([C@H]2CCCN(C(=O)c3ccccn3)C2)n1. The van der Waals surface area contributed by atoms with E-state index in [0.717, 1.165) is 36.3 Å². The molecule has 29 heavy (non-hydrogen) atoms. The summed E-state index contributed by atoms with van der Waals surface area (Å²) in [5.41, 5.74) is 4.10. The Kier molecular flexibility index (Phi) is 5.65. The molecule has 0 spiro atoms. The second-order valence-corrected chi connectivity index (χ2v) is 7.62. The number of piperidine rings is 1. The first-order valence-electron chi connectivity index (χ1n) is 10.0. The third kappa shape index (κ3) is 4.50. The maximum Gasteiger partial charge on any atom is 0.272 e. The Morgan fingerprint density at radius 2 is 2.00 bits per heavy atom. The Bertz CT molecular complexity index is 1010. The van der Waals surface area contributed by atoms with Crippen LogP contribution in [0.5, 0.6) is 0 Å². The third-order valence-electron chi connectivity index (χ3n) is 5.40. The lowest BCUT2D eigenvalue weighted by molar-refractivity contribution is 0.0700. The maximum atomic E-state index is 14.1. The Hall–Kier alpha value is -3.08. The fourth-order valence-corrected chi connectivity index (χ4v) is 4.00. The molecule has 148 valence electrons. The average molecular weight is 389 g/mol. The van der Waals surface area contributed by atoms with Crippen molar-refractivity contribution in [1.29, 1.82) is 0 Å². The van der Waals surface area contributed by atoms with Gasteiger partial charge in [0.15, 0.2) is 0 Å². The van der Waals surface area contributed by atoms with E-state index in [2.05, 4.69) is 11.1 Å². The third-order valence-corrected chi connectivity index (χ3v) is 5.40. The minimum Gasteiger partial charge on any atom is -0.337 e. The molecule has 2 aromatic heterocycles. The normalized spacial score (nSPS) is 16.6. The first-order valence-corrected chi connectivity index (χ1v) is 10.0. The molecule has 3 heterocycles. The van der Waals surface area contributed by atoms with Crippen molar-refractivity contribution in [3.05, 3.63) is 94.8 Å². The van der Waals surface area contributed by atoms with E-state index in [1.54, 1.807) is 18.3 Å². The highest BCUT2D eigenvalue weighted by Gasteiger charge is 2.27. The molecule has 3 aromatic rings. The molecule has 0 N–H and O–H groups in total. The average Bonchev–Trinajstić information content (AvgIpc) is 2.75. The predicted octanol–water partition coefficient (Wildman–Crippen LogP) is 4.53. The summed E-state index contributed by atoms with van der Waals surface area (Å²) in [7, 11) is 0. The summed E-state index contributed by atoms with van der Waals surface area (Å²) in [5.74, 6) is -0.0430. The minimum atomic E-state index is -0.187. The van der Waals surface area contributed by atoms with Gasteiger partial charge in [-0.1, -0.05) is 24.3 Å². The number of amides is 1. The van der Waals surface area contributed by atoms with Gasteiger partial charge >= 0.3 is 0 Å². The fraction of sp³-hybridized carbons (Fsp3) is 0.292. The number of pyridine rings is 2. The van der Waals surface area contributed by atoms with Crippen molar-refractivity contribution >= 4 is 5.91 Å². The molecule has 5 heteroatoms. The standard InChI is InChI=1S/C24H24FN3O/c1-17-13-18(14-19-7-2-3-9-21(19)25)15-23(27-17)20-8-6-12-28(16-20)24(29)22-10-4-5-11-26-22/h2-5,7,9-11,13,15,20H,6,8,12,14,16H2,1H3/t20-/m0/s1. The molecule has 0 bridgehead atoms. The number of rotatable bonds is 4. The zero-order chi connectivity index (χ0) is 20.2. The molecule has 1 atom stereocenters. The van der Waals surface area contributed by atoms with Crippen LogP contribution >= 0.6 is 0 Å². The van der Waals surface area contributed by atoms with E-state index in [1.807, 2.05) is 42.2 Å². The van der Waals surface area contributed by atoms with Crippen LogP contribution in [0.2, 0.25) is 0 Å². The molecule has 1 amide bonds. The van der Waals surface area contributed by atoms with Crippen molar-refractivity contribution in [2.45, 2.75) is 32.1 Å². The van der Waals surface area contributed by atoms with Crippen molar-refractivity contribution in [2.24, 2.45) is 0 Å². The van der Waals surface area contributed by atoms with Gasteiger partial charge in [-0.2, -0.15) is 0 Å². The van der Waals surface area contributed by atoms with Crippen LogP contribution in [0.4, 0.5) is 4.39 Å². The van der Waals surface area contributed by atoms with E-state index < -0.39 is 0 Å². The molecule has 4 rings (SSSR count). The summed E-state index contributed by atoms with van der Waals surface area (Å²) in [4.78, 5) is 23.6. The van der Waals surface area contributed by atoms with E-state index in [1.165, 1.54) is 6.07 Å². The molecule has 1 fully saturated rings. The first-order chi connectivity index (χ1) is 14.1. The van der Waals surface area contributed by atoms with Gasteiger partial charge in [0, 0.05) is 43.0 Å². The van der Waals surface area contributed by atoms with Crippen LogP contribution in [0, 0.1) is 12.7 Å². The van der Waals surface area contributed by atoms with Gasteiger partial charge in [-0.3, -0.25) is 14.8 Å². The van der Waals surface area contributed by atoms with Crippen LogP contribution < -0.4 is 0 Å². The quantitative estimate of drug-likeness (QED) is 0.658. The molecule has 1 aromatic carbocycles. The number of hydrogen-bond acceptors (Lipinski definition) is 3. The largest absolute Gasteiger partial charge is 0.337 e. The van der Waals surface area contributed by atoms with E-state index in [-0.39, 0.29) is 17.6 Å². The molecule has 0 unspecified atom stereocenters. The van der Waals surface area contributed by atoms with Gasteiger partial charge in [-0.25, -0.2) is 4.39 Å². The summed E-state index contributed by atoms with van der Waals surface area (Å²) in [6.45, 7) is 3.33. The first kappa shape index (κ1) is 19.2. The second-order valence-electron chi connectivity index (χ2n) is 7.62. The van der Waals surface area contributed by atoms with E-state index in [9.17, 15) is 9.18 Å². The van der Waals surface area contributed by atoms with Crippen LogP contribution in [-0.4, -0.2) is 33.9 Å². The van der Waals surface area contributed by atoms with Crippen LogP contribution in [0.1, 0.15) is 51.8 Å². The lowest BCUT2D eigenvalue weighted by Crippen LogP contribution is -2.39. The van der Waals surface area contributed by atoms with Gasteiger partial charge in [-0.05, 0) is 61.2 Å². The number of benzene rings is 1. The van der Waals surface area contributed by atoms with Gasteiger partial charge in [-0.15, -0.1) is 0 Å². The molecule has 0 aliphatic carbocycles. The number of carbonyl (C=O) groups is 1. The molecule has 0 saturated carbocycles. The number of halogens is 1. The van der Waals surface area contributed by atoms with Crippen molar-refractivity contribution in [3.63, 3.8) is 0 Å². The highest BCUT2D eigenvalue weighted by molar-refractivity contribution is 5.92. The second kappa shape index (κ2) is 8.52. The summed E-state index contributed by atoms with van der Waals surface area (Å²) >= 11 is 0. The zero-order valence-corrected chi connectivity index (χ0v) is 16.5. The minimum absolute atomic E-state index is 0.0328. The maximum absolute atomic E-state index is 14.1. The van der Waals surface area contributed by atoms with Crippen molar-refractivity contribution < 1.29 is 9.18 Å². The summed E-state index contributed by atoms with van der Waals surface area (Å²) in [5, 5.41) is 0. The van der Waals surface area contributed by atoms with Crippen LogP contribution in [-0.2, 0) is 6.42 Å². The smallest absolute Gasteiger partial charge is 0.272 e. The lowest BCUT2D eigenvalue weighted by Gasteiger charge is -2.32. The van der Waals surface area contributed by atoms with Crippen molar-refractivity contribution in [2.75, 3.05) is 13.1 Å². The summed E-state index contributed by atoms with van der Waals surface area (Å²) < 4.78 is 14.1. The van der Waals surface area contributed by atoms with E-state index in [4.69, 9.17) is 4.98 Å². The monoisotopic (exact) mass is 389 g/mol. The topological polar surface area (TPSA) is 46.1 Å². The van der Waals surface area contributed by atoms with Gasteiger partial charge < -0.3 is 4.90 Å². The highest BCUT2D eigenvalue weighted by Crippen LogP contribution is 2.28. The number of aromatic nitrogens is 2. The number of nitrogens with zero attached hydrogens (tertiary/aromatic N) is 3. The predicted molar refractivity (Wildman–Crippen MR) is 110 cm³/mol. The van der Waals surface area contributed by atoms with E-state index in [0.29, 0.717) is 24.2 Å². The molecular weight excluding hydrogens is 365 g/mol. The van der Waals surface area contributed by atoms with Crippen molar-refractivity contribution in [1.82, 2.24) is 14.9 Å². The Morgan fingerprint density at radius 3 is 2.79 bits per heavy atom. The molecule has 1 aliphatic heterocycles. The molecular formula is C24H24FN3O. The molecule has 4 nitrogen and oxygen atoms in total. The van der Waals surface area contributed by atoms with Gasteiger partial charge in [0.1, 0.15) is 11.5 Å². The van der Waals surface area contributed by atoms with E-state index >= 15 is 0 Å². The lowest BCUT2D eigenvalue weighted by atomic mass is 9.92. The Balaban J connectivity index is 1.54.